The molecule has 3 N–H and O–H groups in total. The van der Waals surface area contributed by atoms with E-state index in [9.17, 15) is 4.79 Å². The first-order valence-corrected chi connectivity index (χ1v) is 8.35. The third-order valence-corrected chi connectivity index (χ3v) is 3.96. The molecule has 0 bridgehead atoms. The number of nitrogens with one attached hydrogen (secondary N) is 3. The smallest absolute Gasteiger partial charge is 0.413 e. The van der Waals surface area contributed by atoms with Gasteiger partial charge in [0.1, 0.15) is 11.4 Å². The second-order valence-corrected chi connectivity index (χ2v) is 6.99. The van der Waals surface area contributed by atoms with Crippen LogP contribution in [0.5, 0.6) is 0 Å². The average Bonchev–Trinajstić information content (AvgIpc) is 2.90. The van der Waals surface area contributed by atoms with Crippen LogP contribution in [0, 0.1) is 0 Å². The number of amides is 1. The van der Waals surface area contributed by atoms with Crippen molar-refractivity contribution in [1.29, 1.82) is 0 Å². The molecule has 130 valence electrons. The third-order valence-electron chi connectivity index (χ3n) is 3.96. The maximum absolute atomic E-state index is 11.8. The first kappa shape index (κ1) is 17.7. The molecule has 0 spiro atoms. The molecule has 0 radical (unpaired) electrons. The van der Waals surface area contributed by atoms with Crippen molar-refractivity contribution < 1.29 is 9.53 Å². The molecule has 2 heterocycles. The zero-order chi connectivity index (χ0) is 16.9. The summed E-state index contributed by atoms with van der Waals surface area (Å²) >= 11 is 0. The molecule has 1 aromatic heterocycles. The van der Waals surface area contributed by atoms with Gasteiger partial charge in [-0.25, -0.2) is 4.79 Å². The number of likely N-dealkylation sites (tertiary alicyclic amines) is 1. The number of H-pyrrole nitrogens is 1. The van der Waals surface area contributed by atoms with Crippen molar-refractivity contribution in [2.24, 2.45) is 0 Å². The van der Waals surface area contributed by atoms with Gasteiger partial charge in [0.15, 0.2) is 0 Å². The van der Waals surface area contributed by atoms with Crippen molar-refractivity contribution in [2.75, 3.05) is 25.0 Å². The van der Waals surface area contributed by atoms with Crippen molar-refractivity contribution in [3.8, 4) is 0 Å². The summed E-state index contributed by atoms with van der Waals surface area (Å²) < 4.78 is 5.26. The minimum atomic E-state index is -0.518. The average molecular weight is 323 g/mol. The molecule has 1 saturated heterocycles. The fourth-order valence-corrected chi connectivity index (χ4v) is 2.67. The second-order valence-electron chi connectivity index (χ2n) is 6.99. The number of aromatic nitrogens is 2. The van der Waals surface area contributed by atoms with Crippen molar-refractivity contribution in [1.82, 2.24) is 20.4 Å². The van der Waals surface area contributed by atoms with Gasteiger partial charge in [-0.05, 0) is 53.2 Å². The highest BCUT2D eigenvalue weighted by atomic mass is 16.6. The van der Waals surface area contributed by atoms with Crippen LogP contribution in [0.15, 0.2) is 6.20 Å². The van der Waals surface area contributed by atoms with Crippen LogP contribution in [0.25, 0.3) is 0 Å². The number of piperidine rings is 1. The topological polar surface area (TPSA) is 82.3 Å². The molecule has 0 aromatic carbocycles. The maximum atomic E-state index is 11.8. The van der Waals surface area contributed by atoms with E-state index in [0.717, 1.165) is 38.0 Å². The number of carbonyl (C=O) groups excluding carboxylic acids is 1. The van der Waals surface area contributed by atoms with E-state index in [1.165, 1.54) is 0 Å². The molecule has 7 nitrogen and oxygen atoms in total. The van der Waals surface area contributed by atoms with Crippen LogP contribution in [0.2, 0.25) is 0 Å². The summed E-state index contributed by atoms with van der Waals surface area (Å²) in [7, 11) is 0. The van der Waals surface area contributed by atoms with Gasteiger partial charge in [-0.3, -0.25) is 10.4 Å². The summed E-state index contributed by atoms with van der Waals surface area (Å²) in [6, 6.07) is 0.516. The van der Waals surface area contributed by atoms with Gasteiger partial charge in [-0.2, -0.15) is 5.10 Å². The Morgan fingerprint density at radius 3 is 2.74 bits per heavy atom. The summed E-state index contributed by atoms with van der Waals surface area (Å²) in [6.07, 6.45) is 3.57. The highest BCUT2D eigenvalue weighted by Gasteiger charge is 2.20. The molecule has 0 unspecified atom stereocenters. The van der Waals surface area contributed by atoms with Crippen LogP contribution in [0.1, 0.15) is 46.1 Å². The Balaban J connectivity index is 1.81. The summed E-state index contributed by atoms with van der Waals surface area (Å²) in [4.78, 5) is 14.3. The third kappa shape index (κ3) is 5.84. The van der Waals surface area contributed by atoms with Crippen molar-refractivity contribution >= 4 is 11.9 Å². The van der Waals surface area contributed by atoms with E-state index < -0.39 is 11.7 Å². The maximum Gasteiger partial charge on any atom is 0.413 e. The summed E-state index contributed by atoms with van der Waals surface area (Å²) in [5.74, 6) is 0.595. The van der Waals surface area contributed by atoms with Gasteiger partial charge in [0.2, 0.25) is 0 Å². The van der Waals surface area contributed by atoms with Crippen LogP contribution in [-0.4, -0.2) is 52.5 Å². The Hall–Kier alpha value is -1.60. The lowest BCUT2D eigenvalue weighted by atomic mass is 10.0. The Bertz CT molecular complexity index is 501. The van der Waals surface area contributed by atoms with Crippen molar-refractivity contribution in [2.45, 2.75) is 58.7 Å². The Morgan fingerprint density at radius 2 is 2.13 bits per heavy atom. The molecule has 1 amide bonds. The van der Waals surface area contributed by atoms with Gasteiger partial charge in [0, 0.05) is 18.2 Å². The molecule has 0 saturated carbocycles. The number of hydrogen-bond donors (Lipinski definition) is 3. The van der Waals surface area contributed by atoms with Gasteiger partial charge in [0.25, 0.3) is 0 Å². The highest BCUT2D eigenvalue weighted by Crippen LogP contribution is 2.15. The molecule has 0 aliphatic carbocycles. The van der Waals surface area contributed by atoms with E-state index in [1.54, 1.807) is 6.20 Å². The molecule has 1 aromatic rings. The van der Waals surface area contributed by atoms with Gasteiger partial charge in [0.05, 0.1) is 6.20 Å². The Labute approximate surface area is 138 Å². The summed E-state index contributed by atoms with van der Waals surface area (Å²) in [6.45, 7) is 11.8. The quantitative estimate of drug-likeness (QED) is 0.775. The molecule has 1 fully saturated rings. The predicted molar refractivity (Wildman–Crippen MR) is 90.4 cm³/mol. The van der Waals surface area contributed by atoms with Crippen LogP contribution < -0.4 is 10.6 Å². The second kappa shape index (κ2) is 7.79. The number of ether oxygens (including phenoxy) is 1. The fraction of sp³-hybridized carbons (Fsp3) is 0.750. The first-order chi connectivity index (χ1) is 10.9. The number of aromatic amines is 1. The van der Waals surface area contributed by atoms with Crippen molar-refractivity contribution in [3.63, 3.8) is 0 Å². The normalized spacial score (nSPS) is 17.2. The lowest BCUT2D eigenvalue weighted by Crippen LogP contribution is -2.42. The number of rotatable bonds is 5. The summed E-state index contributed by atoms with van der Waals surface area (Å²) in [5.41, 5.74) is 0.421. The predicted octanol–water partition coefficient (Wildman–Crippen LogP) is 2.33. The minimum Gasteiger partial charge on any atom is -0.444 e. The highest BCUT2D eigenvalue weighted by molar-refractivity contribution is 5.84. The lowest BCUT2D eigenvalue weighted by molar-refractivity contribution is 0.0635. The van der Waals surface area contributed by atoms with E-state index in [4.69, 9.17) is 4.74 Å². The summed E-state index contributed by atoms with van der Waals surface area (Å²) in [5, 5.41) is 13.1. The van der Waals surface area contributed by atoms with E-state index in [-0.39, 0.29) is 0 Å². The molecular weight excluding hydrogens is 294 g/mol. The minimum absolute atomic E-state index is 0.473. The van der Waals surface area contributed by atoms with E-state index in [2.05, 4.69) is 32.7 Å². The zero-order valence-corrected chi connectivity index (χ0v) is 14.6. The fourth-order valence-electron chi connectivity index (χ4n) is 2.67. The molecule has 1 aliphatic rings. The van der Waals surface area contributed by atoms with E-state index in [1.807, 2.05) is 20.8 Å². The molecule has 7 heteroatoms. The van der Waals surface area contributed by atoms with Crippen LogP contribution in [-0.2, 0) is 11.3 Å². The molecular formula is C16H29N5O2. The first-order valence-electron chi connectivity index (χ1n) is 8.35. The van der Waals surface area contributed by atoms with Crippen LogP contribution >= 0.6 is 0 Å². The van der Waals surface area contributed by atoms with E-state index >= 15 is 0 Å². The van der Waals surface area contributed by atoms with Crippen LogP contribution in [0.4, 0.5) is 10.6 Å². The van der Waals surface area contributed by atoms with Gasteiger partial charge < -0.3 is 15.0 Å². The molecule has 2 rings (SSSR count). The van der Waals surface area contributed by atoms with Gasteiger partial charge in [-0.15, -0.1) is 0 Å². The number of anilines is 1. The SMILES string of the molecule is CCN1CCC(NCc2cn[nH]c2NC(=O)OC(C)(C)C)CC1. The molecule has 1 aliphatic heterocycles. The zero-order valence-electron chi connectivity index (χ0n) is 14.6. The lowest BCUT2D eigenvalue weighted by Gasteiger charge is -2.31. The molecule has 0 atom stereocenters. The Morgan fingerprint density at radius 1 is 1.43 bits per heavy atom. The van der Waals surface area contributed by atoms with Gasteiger partial charge in [-0.1, -0.05) is 6.92 Å². The van der Waals surface area contributed by atoms with Gasteiger partial charge >= 0.3 is 6.09 Å². The van der Waals surface area contributed by atoms with E-state index in [0.29, 0.717) is 18.4 Å². The Kier molecular flexibility index (Phi) is 6.01. The van der Waals surface area contributed by atoms with Crippen molar-refractivity contribution in [3.05, 3.63) is 11.8 Å². The largest absolute Gasteiger partial charge is 0.444 e. The number of nitrogens with zero attached hydrogens (tertiary/aromatic N) is 2. The number of carbonyl (C=O) groups is 1. The van der Waals surface area contributed by atoms with Crippen LogP contribution in [0.3, 0.4) is 0 Å². The number of hydrogen-bond acceptors (Lipinski definition) is 5. The standard InChI is InChI=1S/C16H29N5O2/c1-5-21-8-6-13(7-9-21)17-10-12-11-18-20-14(12)19-15(22)23-16(2,3)4/h11,13,17H,5-10H2,1-4H3,(H2,18,19,20,22). The monoisotopic (exact) mass is 323 g/mol. The molecule has 23 heavy (non-hydrogen) atoms.